The Kier molecular flexibility index (Phi) is 4.65. The van der Waals surface area contributed by atoms with Crippen molar-refractivity contribution in [2.75, 3.05) is 0 Å². The Bertz CT molecular complexity index is 1130. The molecule has 0 bridgehead atoms. The zero-order chi connectivity index (χ0) is 20.6. The van der Waals surface area contributed by atoms with E-state index in [4.69, 9.17) is 4.42 Å². The van der Waals surface area contributed by atoms with E-state index in [0.717, 1.165) is 33.2 Å². The van der Waals surface area contributed by atoms with E-state index in [1.807, 2.05) is 38.2 Å². The number of hydrogen-bond acceptors (Lipinski definition) is 6. The lowest BCUT2D eigenvalue weighted by Crippen LogP contribution is -2.42. The van der Waals surface area contributed by atoms with E-state index in [-0.39, 0.29) is 5.75 Å². The van der Waals surface area contributed by atoms with Crippen molar-refractivity contribution in [3.8, 4) is 16.9 Å². The molecule has 3 aromatic rings. The third-order valence-corrected chi connectivity index (χ3v) is 4.42. The molecule has 1 aromatic heterocycles. The van der Waals surface area contributed by atoms with Gasteiger partial charge in [-0.1, -0.05) is 18.2 Å². The fourth-order valence-electron chi connectivity index (χ4n) is 2.94. The number of aryl methyl sites for hydroxylation is 2. The first kappa shape index (κ1) is 18.9. The van der Waals surface area contributed by atoms with Crippen LogP contribution in [0.3, 0.4) is 0 Å². The lowest BCUT2D eigenvalue weighted by Gasteiger charge is -2.20. The molecule has 0 spiro atoms. The van der Waals surface area contributed by atoms with Crippen LogP contribution in [0.5, 0.6) is 5.75 Å². The van der Waals surface area contributed by atoms with Crippen LogP contribution in [0.4, 0.5) is 13.2 Å². The first-order valence-electron chi connectivity index (χ1n) is 8.78. The number of nitrogens with zero attached hydrogens (tertiary/aromatic N) is 3. The van der Waals surface area contributed by atoms with E-state index in [0.29, 0.717) is 12.4 Å². The summed E-state index contributed by atoms with van der Waals surface area (Å²) < 4.78 is 46.4. The Balaban J connectivity index is 1.58. The van der Waals surface area contributed by atoms with Crippen molar-refractivity contribution in [3.63, 3.8) is 0 Å². The summed E-state index contributed by atoms with van der Waals surface area (Å²) >= 11 is 0. The van der Waals surface area contributed by atoms with Crippen molar-refractivity contribution in [1.29, 1.82) is 0 Å². The van der Waals surface area contributed by atoms with Gasteiger partial charge >= 0.3 is 6.36 Å². The molecule has 0 amide bonds. The number of benzene rings is 2. The Morgan fingerprint density at radius 1 is 1.07 bits per heavy atom. The molecule has 1 aliphatic heterocycles. The molecule has 9 heteroatoms. The van der Waals surface area contributed by atoms with Crippen molar-refractivity contribution in [2.45, 2.75) is 26.8 Å². The number of ether oxygens (including phenoxy) is 1. The summed E-state index contributed by atoms with van der Waals surface area (Å²) in [7, 11) is 0. The summed E-state index contributed by atoms with van der Waals surface area (Å²) in [4.78, 5) is 4.36. The molecule has 6 nitrogen and oxygen atoms in total. The Hall–Kier alpha value is -3.49. The first-order chi connectivity index (χ1) is 13.8. The molecule has 1 aliphatic rings. The second kappa shape index (κ2) is 7.16. The van der Waals surface area contributed by atoms with Gasteiger partial charge in [0.25, 0.3) is 0 Å². The summed E-state index contributed by atoms with van der Waals surface area (Å²) in [5, 5.41) is 7.68. The maximum absolute atomic E-state index is 12.3. The predicted octanol–water partition coefficient (Wildman–Crippen LogP) is 3.15. The van der Waals surface area contributed by atoms with E-state index < -0.39 is 6.36 Å². The Morgan fingerprint density at radius 2 is 1.79 bits per heavy atom. The molecule has 1 N–H and O–H groups in total. The van der Waals surface area contributed by atoms with Gasteiger partial charge in [-0.05, 0) is 49.2 Å². The monoisotopic (exact) mass is 402 g/mol. The number of alkyl halides is 3. The van der Waals surface area contributed by atoms with Crippen LogP contribution < -0.4 is 20.8 Å². The molecular formula is C20H17F3N4O2. The van der Waals surface area contributed by atoms with Crippen LogP contribution in [0.2, 0.25) is 0 Å². The van der Waals surface area contributed by atoms with Crippen LogP contribution in [-0.4, -0.2) is 16.4 Å². The average molecular weight is 402 g/mol. The highest BCUT2D eigenvalue weighted by Gasteiger charge is 2.30. The smallest absolute Gasteiger partial charge is 0.444 e. The SMILES string of the molecule is Cc1nc(CN2C=c3cc(-c4ccc(OC(F)(F)F)cc4)ccc3=NN2)oc1C. The molecule has 0 aliphatic carbocycles. The zero-order valence-corrected chi connectivity index (χ0v) is 15.6. The molecule has 0 unspecified atom stereocenters. The summed E-state index contributed by atoms with van der Waals surface area (Å²) in [6, 6.07) is 11.3. The fourth-order valence-corrected chi connectivity index (χ4v) is 2.94. The quantitative estimate of drug-likeness (QED) is 0.727. The summed E-state index contributed by atoms with van der Waals surface area (Å²) in [5.74, 6) is 1.08. The molecule has 2 heterocycles. The molecule has 0 fully saturated rings. The van der Waals surface area contributed by atoms with Crippen LogP contribution >= 0.6 is 0 Å². The van der Waals surface area contributed by atoms with E-state index in [1.165, 1.54) is 12.1 Å². The highest BCUT2D eigenvalue weighted by molar-refractivity contribution is 5.64. The van der Waals surface area contributed by atoms with Gasteiger partial charge in [0, 0.05) is 11.4 Å². The number of rotatable bonds is 4. The molecule has 0 saturated carbocycles. The highest BCUT2D eigenvalue weighted by atomic mass is 19.4. The van der Waals surface area contributed by atoms with E-state index in [1.54, 1.807) is 17.1 Å². The van der Waals surface area contributed by atoms with Gasteiger partial charge in [-0.25, -0.2) is 10.5 Å². The van der Waals surface area contributed by atoms with Crippen molar-refractivity contribution in [3.05, 3.63) is 70.4 Å². The predicted molar refractivity (Wildman–Crippen MR) is 98.5 cm³/mol. The Labute approximate surface area is 163 Å². The number of aromatic nitrogens is 1. The minimum Gasteiger partial charge on any atom is -0.444 e. The summed E-state index contributed by atoms with van der Waals surface area (Å²) in [6.07, 6.45) is -2.83. The second-order valence-electron chi connectivity index (χ2n) is 6.56. The maximum Gasteiger partial charge on any atom is 0.573 e. The highest BCUT2D eigenvalue weighted by Crippen LogP contribution is 2.25. The number of fused-ring (bicyclic) bond motifs is 1. The number of halogens is 3. The zero-order valence-electron chi connectivity index (χ0n) is 15.6. The molecule has 2 aromatic carbocycles. The van der Waals surface area contributed by atoms with Gasteiger partial charge in [0.2, 0.25) is 5.89 Å². The largest absolute Gasteiger partial charge is 0.573 e. The van der Waals surface area contributed by atoms with E-state index in [2.05, 4.69) is 20.4 Å². The van der Waals surface area contributed by atoms with Crippen LogP contribution in [0.1, 0.15) is 17.3 Å². The molecule has 0 atom stereocenters. The summed E-state index contributed by atoms with van der Waals surface area (Å²) in [6.45, 7) is 4.13. The molecule has 0 radical (unpaired) electrons. The lowest BCUT2D eigenvalue weighted by molar-refractivity contribution is -0.274. The van der Waals surface area contributed by atoms with E-state index in [9.17, 15) is 13.2 Å². The maximum atomic E-state index is 12.3. The van der Waals surface area contributed by atoms with Crippen LogP contribution in [0, 0.1) is 13.8 Å². The van der Waals surface area contributed by atoms with Gasteiger partial charge in [0.05, 0.1) is 11.1 Å². The van der Waals surface area contributed by atoms with Crippen molar-refractivity contribution >= 4 is 6.20 Å². The number of oxazole rings is 1. The third kappa shape index (κ3) is 4.34. The van der Waals surface area contributed by atoms with Crippen molar-refractivity contribution < 1.29 is 22.3 Å². The standard InChI is InChI=1S/C20H17F3N4O2/c1-12-13(2)28-19(24-12)11-27-10-16-9-15(5-8-18(16)25-26-27)14-3-6-17(7-4-14)29-20(21,22)23/h3-10,26H,11H2,1-2H3. The van der Waals surface area contributed by atoms with Gasteiger partial charge in [0.1, 0.15) is 18.1 Å². The lowest BCUT2D eigenvalue weighted by atomic mass is 10.0. The number of hydrogen-bond donors (Lipinski definition) is 1. The number of nitrogens with one attached hydrogen (secondary N) is 1. The molecular weight excluding hydrogens is 385 g/mol. The van der Waals surface area contributed by atoms with Gasteiger partial charge in [0.15, 0.2) is 0 Å². The average Bonchev–Trinajstić information content (AvgIpc) is 2.97. The first-order valence-corrected chi connectivity index (χ1v) is 8.78. The summed E-state index contributed by atoms with van der Waals surface area (Å²) in [5.41, 5.74) is 5.37. The topological polar surface area (TPSA) is 62.9 Å². The minimum absolute atomic E-state index is 0.257. The van der Waals surface area contributed by atoms with Crippen LogP contribution in [0.15, 0.2) is 52.0 Å². The molecule has 29 heavy (non-hydrogen) atoms. The second-order valence-corrected chi connectivity index (χ2v) is 6.56. The third-order valence-electron chi connectivity index (χ3n) is 4.42. The molecule has 0 saturated heterocycles. The van der Waals surface area contributed by atoms with E-state index >= 15 is 0 Å². The molecule has 4 rings (SSSR count). The van der Waals surface area contributed by atoms with Gasteiger partial charge < -0.3 is 9.15 Å². The van der Waals surface area contributed by atoms with Gasteiger partial charge in [-0.15, -0.1) is 13.2 Å². The normalized spacial score (nSPS) is 13.2. The van der Waals surface area contributed by atoms with Crippen LogP contribution in [0.25, 0.3) is 17.3 Å². The van der Waals surface area contributed by atoms with Gasteiger partial charge in [-0.3, -0.25) is 5.01 Å². The van der Waals surface area contributed by atoms with Gasteiger partial charge in [-0.2, -0.15) is 5.10 Å². The molecule has 150 valence electrons. The number of hydrazine groups is 1. The Morgan fingerprint density at radius 3 is 2.45 bits per heavy atom. The van der Waals surface area contributed by atoms with Crippen molar-refractivity contribution in [2.24, 2.45) is 5.10 Å². The van der Waals surface area contributed by atoms with Crippen LogP contribution in [-0.2, 0) is 6.54 Å². The minimum atomic E-state index is -4.71. The fraction of sp³-hybridized carbons (Fsp3) is 0.200. The van der Waals surface area contributed by atoms with Crippen molar-refractivity contribution in [1.82, 2.24) is 15.5 Å².